The minimum atomic E-state index is -0.576. The molecule has 0 aliphatic heterocycles. The highest BCUT2D eigenvalue weighted by Gasteiger charge is 2.15. The fourth-order valence-electron chi connectivity index (χ4n) is 2.42. The van der Waals surface area contributed by atoms with Crippen LogP contribution in [0.4, 0.5) is 14.5 Å². The molecule has 0 atom stereocenters. The fraction of sp³-hybridized carbons (Fsp3) is 0. The Balaban J connectivity index is 1.76. The summed E-state index contributed by atoms with van der Waals surface area (Å²) in [7, 11) is 0. The number of hydrogen-bond acceptors (Lipinski definition) is 3. The molecule has 3 aromatic carbocycles. The molecule has 0 unspecified atom stereocenters. The molecule has 8 heteroatoms. The van der Waals surface area contributed by atoms with Gasteiger partial charge in [-0.1, -0.05) is 28.1 Å². The lowest BCUT2D eigenvalue weighted by Crippen LogP contribution is -2.21. The van der Waals surface area contributed by atoms with Gasteiger partial charge in [0.25, 0.3) is 11.8 Å². The van der Waals surface area contributed by atoms with Crippen LogP contribution in [0.5, 0.6) is 0 Å². The van der Waals surface area contributed by atoms with Crippen LogP contribution in [0.3, 0.4) is 0 Å². The maximum absolute atomic E-state index is 13.2. The Bertz CT molecular complexity index is 1090. The number of halogens is 3. The molecule has 0 aromatic heterocycles. The average Bonchev–Trinajstić information content (AvgIpc) is 2.69. The van der Waals surface area contributed by atoms with E-state index in [0.717, 1.165) is 0 Å². The van der Waals surface area contributed by atoms with Gasteiger partial charge in [-0.25, -0.2) is 14.2 Å². The Kier molecular flexibility index (Phi) is 6.46. The largest absolute Gasteiger partial charge is 0.321 e. The van der Waals surface area contributed by atoms with Crippen LogP contribution in [0.25, 0.3) is 0 Å². The van der Waals surface area contributed by atoms with Gasteiger partial charge in [0.15, 0.2) is 0 Å². The minimum Gasteiger partial charge on any atom is -0.321 e. The summed E-state index contributed by atoms with van der Waals surface area (Å²) in [6.45, 7) is 0. The third kappa shape index (κ3) is 5.55. The third-order valence-corrected chi connectivity index (χ3v) is 4.30. The van der Waals surface area contributed by atoms with Crippen molar-refractivity contribution in [1.29, 1.82) is 0 Å². The molecule has 3 aromatic rings. The van der Waals surface area contributed by atoms with Gasteiger partial charge in [0.05, 0.1) is 17.5 Å². The zero-order chi connectivity index (χ0) is 20.8. The van der Waals surface area contributed by atoms with Crippen molar-refractivity contribution >= 4 is 39.6 Å². The predicted octanol–water partition coefficient (Wildman–Crippen LogP) is 4.74. The first-order valence-corrected chi connectivity index (χ1v) is 9.17. The summed E-state index contributed by atoms with van der Waals surface area (Å²) < 4.78 is 26.8. The predicted molar refractivity (Wildman–Crippen MR) is 110 cm³/mol. The fourth-order valence-corrected chi connectivity index (χ4v) is 2.78. The van der Waals surface area contributed by atoms with Crippen molar-refractivity contribution in [2.24, 2.45) is 5.10 Å². The lowest BCUT2D eigenvalue weighted by molar-refractivity contribution is 0.0956. The molecule has 0 spiro atoms. The van der Waals surface area contributed by atoms with Crippen LogP contribution in [-0.2, 0) is 0 Å². The van der Waals surface area contributed by atoms with Crippen molar-refractivity contribution in [3.05, 3.63) is 99.5 Å². The lowest BCUT2D eigenvalue weighted by atomic mass is 10.1. The summed E-state index contributed by atoms with van der Waals surface area (Å²) >= 11 is 3.28. The number of anilines is 1. The number of amides is 2. The number of carbonyl (C=O) groups excluding carboxylic acids is 2. The summed E-state index contributed by atoms with van der Waals surface area (Å²) in [6.07, 6.45) is 1.30. The number of nitrogens with one attached hydrogen (secondary N) is 2. The van der Waals surface area contributed by atoms with E-state index < -0.39 is 23.4 Å². The Hall–Kier alpha value is -3.39. The summed E-state index contributed by atoms with van der Waals surface area (Å²) in [4.78, 5) is 24.9. The van der Waals surface area contributed by atoms with Gasteiger partial charge in [0.1, 0.15) is 11.6 Å². The SMILES string of the molecule is O=C(Nc1ccc(Br)cc1C(=O)N/N=C/c1cccc(F)c1)c1ccc(F)cc1. The zero-order valence-corrected chi connectivity index (χ0v) is 16.4. The molecule has 29 heavy (non-hydrogen) atoms. The van der Waals surface area contributed by atoms with Crippen LogP contribution >= 0.6 is 15.9 Å². The number of hydrogen-bond donors (Lipinski definition) is 2. The summed E-state index contributed by atoms with van der Waals surface area (Å²) in [6, 6.07) is 15.5. The van der Waals surface area contributed by atoms with Gasteiger partial charge < -0.3 is 5.32 Å². The van der Waals surface area contributed by atoms with Crippen LogP contribution in [0.2, 0.25) is 0 Å². The number of rotatable bonds is 5. The van der Waals surface area contributed by atoms with E-state index in [1.165, 1.54) is 54.7 Å². The van der Waals surface area contributed by atoms with E-state index in [1.807, 2.05) is 0 Å². The molecule has 0 fully saturated rings. The van der Waals surface area contributed by atoms with Crippen molar-refractivity contribution in [2.75, 3.05) is 5.32 Å². The molecule has 0 aliphatic rings. The first-order chi connectivity index (χ1) is 13.9. The van der Waals surface area contributed by atoms with Crippen molar-refractivity contribution in [2.45, 2.75) is 0 Å². The Morgan fingerprint density at radius 1 is 0.897 bits per heavy atom. The standard InChI is InChI=1S/C21H14BrF2N3O2/c22-15-6-9-19(26-20(28)14-4-7-16(23)8-5-14)18(11-15)21(29)27-25-12-13-2-1-3-17(24)10-13/h1-12H,(H,26,28)(H,27,29)/b25-12+. The topological polar surface area (TPSA) is 70.6 Å². The van der Waals surface area contributed by atoms with Crippen molar-refractivity contribution in [3.63, 3.8) is 0 Å². The van der Waals surface area contributed by atoms with E-state index in [-0.39, 0.29) is 16.8 Å². The molecule has 5 nitrogen and oxygen atoms in total. The van der Waals surface area contributed by atoms with E-state index in [1.54, 1.807) is 18.2 Å². The Morgan fingerprint density at radius 2 is 1.66 bits per heavy atom. The van der Waals surface area contributed by atoms with Gasteiger partial charge in [-0.15, -0.1) is 0 Å². The molecular formula is C21H14BrF2N3O2. The highest BCUT2D eigenvalue weighted by atomic mass is 79.9. The number of benzene rings is 3. The van der Waals surface area contributed by atoms with Crippen LogP contribution in [0.1, 0.15) is 26.3 Å². The maximum Gasteiger partial charge on any atom is 0.273 e. The molecule has 2 amide bonds. The highest BCUT2D eigenvalue weighted by Crippen LogP contribution is 2.22. The van der Waals surface area contributed by atoms with Crippen LogP contribution in [-0.4, -0.2) is 18.0 Å². The number of hydrazone groups is 1. The van der Waals surface area contributed by atoms with Crippen LogP contribution < -0.4 is 10.7 Å². The van der Waals surface area contributed by atoms with Gasteiger partial charge in [-0.05, 0) is 60.2 Å². The van der Waals surface area contributed by atoms with Gasteiger partial charge in [0, 0.05) is 10.0 Å². The summed E-state index contributed by atoms with van der Waals surface area (Å²) in [5.74, 6) is -1.95. The van der Waals surface area contributed by atoms with Crippen molar-refractivity contribution in [1.82, 2.24) is 5.43 Å². The first-order valence-electron chi connectivity index (χ1n) is 8.38. The second-order valence-electron chi connectivity index (χ2n) is 5.91. The molecule has 0 saturated carbocycles. The first kappa shape index (κ1) is 20.3. The van der Waals surface area contributed by atoms with E-state index in [4.69, 9.17) is 0 Å². The van der Waals surface area contributed by atoms with Crippen molar-refractivity contribution < 1.29 is 18.4 Å². The van der Waals surface area contributed by atoms with Crippen LogP contribution in [0, 0.1) is 11.6 Å². The second-order valence-corrected chi connectivity index (χ2v) is 6.82. The Labute approximate surface area is 173 Å². The smallest absolute Gasteiger partial charge is 0.273 e. The minimum absolute atomic E-state index is 0.159. The summed E-state index contributed by atoms with van der Waals surface area (Å²) in [5.41, 5.74) is 3.47. The molecule has 0 heterocycles. The van der Waals surface area contributed by atoms with Crippen LogP contribution in [0.15, 0.2) is 76.3 Å². The van der Waals surface area contributed by atoms with Crippen molar-refractivity contribution in [3.8, 4) is 0 Å². The maximum atomic E-state index is 13.2. The summed E-state index contributed by atoms with van der Waals surface area (Å²) in [5, 5.41) is 6.44. The monoisotopic (exact) mass is 457 g/mol. The molecule has 3 rings (SSSR count). The number of nitrogens with zero attached hydrogens (tertiary/aromatic N) is 1. The van der Waals surface area contributed by atoms with Gasteiger partial charge >= 0.3 is 0 Å². The second kappa shape index (κ2) is 9.20. The highest BCUT2D eigenvalue weighted by molar-refractivity contribution is 9.10. The average molecular weight is 458 g/mol. The quantitative estimate of drug-likeness (QED) is 0.428. The molecule has 0 saturated heterocycles. The van der Waals surface area contributed by atoms with Gasteiger partial charge in [-0.3, -0.25) is 9.59 Å². The van der Waals surface area contributed by atoms with E-state index in [9.17, 15) is 18.4 Å². The van der Waals surface area contributed by atoms with E-state index >= 15 is 0 Å². The molecule has 2 N–H and O–H groups in total. The Morgan fingerprint density at radius 3 is 2.38 bits per heavy atom. The molecule has 0 aliphatic carbocycles. The lowest BCUT2D eigenvalue weighted by Gasteiger charge is -2.11. The van der Waals surface area contributed by atoms with Gasteiger partial charge in [-0.2, -0.15) is 5.10 Å². The van der Waals surface area contributed by atoms with E-state index in [2.05, 4.69) is 31.8 Å². The molecule has 0 bridgehead atoms. The molecule has 146 valence electrons. The van der Waals surface area contributed by atoms with Gasteiger partial charge in [0.2, 0.25) is 0 Å². The third-order valence-electron chi connectivity index (χ3n) is 3.81. The van der Waals surface area contributed by atoms with E-state index in [0.29, 0.717) is 10.0 Å². The zero-order valence-electron chi connectivity index (χ0n) is 14.8. The molecular weight excluding hydrogens is 444 g/mol. The molecule has 0 radical (unpaired) electrons. The number of carbonyl (C=O) groups is 2. The normalized spacial score (nSPS) is 10.7.